The number of hydrogen-bond donors (Lipinski definition) is 2. The van der Waals surface area contributed by atoms with Crippen molar-refractivity contribution in [3.8, 4) is 0 Å². The van der Waals surface area contributed by atoms with Gasteiger partial charge < -0.3 is 15.1 Å². The molecule has 0 fully saturated rings. The van der Waals surface area contributed by atoms with Gasteiger partial charge in [0.1, 0.15) is 0 Å². The third-order valence-electron chi connectivity index (χ3n) is 3.54. The van der Waals surface area contributed by atoms with Crippen LogP contribution in [0, 0.1) is 0 Å². The largest absolute Gasteiger partial charge is 0.444 e. The number of halogens is 2. The highest BCUT2D eigenvalue weighted by Crippen LogP contribution is 2.17. The van der Waals surface area contributed by atoms with E-state index in [1.54, 1.807) is 36.4 Å². The summed E-state index contributed by atoms with van der Waals surface area (Å²) in [6, 6.07) is 17.6. The zero-order chi connectivity index (χ0) is 18.5. The van der Waals surface area contributed by atoms with E-state index in [9.17, 15) is 9.59 Å². The van der Waals surface area contributed by atoms with Gasteiger partial charge >= 0.3 is 0 Å². The van der Waals surface area contributed by atoms with Crippen LogP contribution in [0.15, 0.2) is 74.2 Å². The maximum absolute atomic E-state index is 12.2. The number of anilines is 1. The summed E-state index contributed by atoms with van der Waals surface area (Å²) < 4.78 is 6.65. The predicted octanol–water partition coefficient (Wildman–Crippen LogP) is 4.99. The molecule has 0 aliphatic rings. The van der Waals surface area contributed by atoms with E-state index in [-0.39, 0.29) is 17.6 Å². The zero-order valence-corrected chi connectivity index (χ0v) is 16.6. The lowest BCUT2D eigenvalue weighted by Crippen LogP contribution is -2.22. The lowest BCUT2D eigenvalue weighted by molar-refractivity contribution is 0.0950. The van der Waals surface area contributed by atoms with Crippen LogP contribution in [0.2, 0.25) is 0 Å². The topological polar surface area (TPSA) is 71.3 Å². The van der Waals surface area contributed by atoms with E-state index in [0.717, 1.165) is 10.0 Å². The number of furan rings is 1. The van der Waals surface area contributed by atoms with E-state index in [1.807, 2.05) is 24.3 Å². The Morgan fingerprint density at radius 2 is 1.69 bits per heavy atom. The van der Waals surface area contributed by atoms with Crippen molar-refractivity contribution in [2.24, 2.45) is 0 Å². The van der Waals surface area contributed by atoms with Gasteiger partial charge in [0.15, 0.2) is 10.4 Å². The lowest BCUT2D eigenvalue weighted by Gasteiger charge is -2.07. The third-order valence-corrected chi connectivity index (χ3v) is 4.46. The van der Waals surface area contributed by atoms with Crippen LogP contribution in [0.3, 0.4) is 0 Å². The summed E-state index contributed by atoms with van der Waals surface area (Å²) in [6.45, 7) is 0.435. The van der Waals surface area contributed by atoms with E-state index in [2.05, 4.69) is 42.5 Å². The smallest absolute Gasteiger partial charge is 0.291 e. The molecule has 0 saturated carbocycles. The first-order valence-electron chi connectivity index (χ1n) is 7.70. The summed E-state index contributed by atoms with van der Waals surface area (Å²) in [4.78, 5) is 24.3. The maximum Gasteiger partial charge on any atom is 0.291 e. The normalized spacial score (nSPS) is 10.4. The van der Waals surface area contributed by atoms with Gasteiger partial charge in [-0.1, -0.05) is 28.1 Å². The molecule has 2 amide bonds. The number of amides is 2. The van der Waals surface area contributed by atoms with Crippen LogP contribution in [0.1, 0.15) is 26.5 Å². The Kier molecular flexibility index (Phi) is 5.90. The van der Waals surface area contributed by atoms with Gasteiger partial charge in [0, 0.05) is 22.3 Å². The molecule has 3 aromatic rings. The highest BCUT2D eigenvalue weighted by atomic mass is 79.9. The Morgan fingerprint density at radius 3 is 2.35 bits per heavy atom. The SMILES string of the molecule is O=C(NCc1cccc(Br)c1)c1ccc(NC(=O)c2ccc(Br)o2)cc1. The van der Waals surface area contributed by atoms with Gasteiger partial charge in [0.05, 0.1) is 0 Å². The molecule has 0 aliphatic heterocycles. The van der Waals surface area contributed by atoms with Crippen molar-refractivity contribution < 1.29 is 14.0 Å². The van der Waals surface area contributed by atoms with E-state index in [4.69, 9.17) is 4.42 Å². The summed E-state index contributed by atoms with van der Waals surface area (Å²) in [5, 5.41) is 5.58. The second-order valence-electron chi connectivity index (χ2n) is 5.45. The van der Waals surface area contributed by atoms with E-state index < -0.39 is 0 Å². The molecule has 2 aromatic carbocycles. The summed E-state index contributed by atoms with van der Waals surface area (Å²) in [7, 11) is 0. The average molecular weight is 478 g/mol. The van der Waals surface area contributed by atoms with E-state index >= 15 is 0 Å². The van der Waals surface area contributed by atoms with Crippen molar-refractivity contribution >= 4 is 49.4 Å². The summed E-state index contributed by atoms with van der Waals surface area (Å²) >= 11 is 6.56. The Labute approximate surface area is 167 Å². The van der Waals surface area contributed by atoms with Crippen molar-refractivity contribution in [3.63, 3.8) is 0 Å². The first-order chi connectivity index (χ1) is 12.5. The predicted molar refractivity (Wildman–Crippen MR) is 106 cm³/mol. The van der Waals surface area contributed by atoms with Crippen molar-refractivity contribution in [1.29, 1.82) is 0 Å². The fourth-order valence-corrected chi connectivity index (χ4v) is 3.02. The molecule has 5 nitrogen and oxygen atoms in total. The molecular formula is C19H14Br2N2O3. The highest BCUT2D eigenvalue weighted by molar-refractivity contribution is 9.10. The van der Waals surface area contributed by atoms with Gasteiger partial charge in [-0.2, -0.15) is 0 Å². The molecule has 26 heavy (non-hydrogen) atoms. The summed E-state index contributed by atoms with van der Waals surface area (Å²) in [6.07, 6.45) is 0. The van der Waals surface area contributed by atoms with Crippen LogP contribution in [0.4, 0.5) is 5.69 Å². The molecule has 7 heteroatoms. The quantitative estimate of drug-likeness (QED) is 0.543. The second kappa shape index (κ2) is 8.33. The second-order valence-corrected chi connectivity index (χ2v) is 7.15. The maximum atomic E-state index is 12.2. The van der Waals surface area contributed by atoms with Crippen molar-refractivity contribution in [2.75, 3.05) is 5.32 Å². The van der Waals surface area contributed by atoms with Gasteiger partial charge in [-0.25, -0.2) is 0 Å². The molecule has 0 radical (unpaired) electrons. The molecule has 0 unspecified atom stereocenters. The fraction of sp³-hybridized carbons (Fsp3) is 0.0526. The van der Waals surface area contributed by atoms with Crippen LogP contribution in [-0.4, -0.2) is 11.8 Å². The summed E-state index contributed by atoms with van der Waals surface area (Å²) in [5.41, 5.74) is 2.09. The van der Waals surface area contributed by atoms with Crippen LogP contribution in [0.25, 0.3) is 0 Å². The van der Waals surface area contributed by atoms with Gasteiger partial charge in [-0.15, -0.1) is 0 Å². The molecule has 0 spiro atoms. The molecule has 0 bridgehead atoms. The van der Waals surface area contributed by atoms with E-state index in [1.165, 1.54) is 0 Å². The molecule has 1 heterocycles. The van der Waals surface area contributed by atoms with Gasteiger partial charge in [-0.3, -0.25) is 9.59 Å². The molecule has 0 saturated heterocycles. The van der Waals surface area contributed by atoms with Crippen LogP contribution >= 0.6 is 31.9 Å². The number of carbonyl (C=O) groups is 2. The fourth-order valence-electron chi connectivity index (χ4n) is 2.27. The van der Waals surface area contributed by atoms with Crippen molar-refractivity contribution in [3.05, 3.63) is 86.7 Å². The molecule has 1 aromatic heterocycles. The molecule has 0 atom stereocenters. The Bertz CT molecular complexity index is 936. The minimum absolute atomic E-state index is 0.183. The average Bonchev–Trinajstić information content (AvgIpc) is 3.07. The molecule has 132 valence electrons. The van der Waals surface area contributed by atoms with Crippen LogP contribution in [-0.2, 0) is 6.54 Å². The van der Waals surface area contributed by atoms with E-state index in [0.29, 0.717) is 22.5 Å². The first-order valence-corrected chi connectivity index (χ1v) is 9.29. The minimum atomic E-state index is -0.359. The van der Waals surface area contributed by atoms with Crippen molar-refractivity contribution in [1.82, 2.24) is 5.32 Å². The third kappa shape index (κ3) is 4.83. The number of rotatable bonds is 5. The number of carbonyl (C=O) groups excluding carboxylic acids is 2. The highest BCUT2D eigenvalue weighted by Gasteiger charge is 2.11. The summed E-state index contributed by atoms with van der Waals surface area (Å²) in [5.74, 6) is -0.340. The minimum Gasteiger partial charge on any atom is -0.444 e. The van der Waals surface area contributed by atoms with Gasteiger partial charge in [0.2, 0.25) is 0 Å². The van der Waals surface area contributed by atoms with Gasteiger partial charge in [0.25, 0.3) is 11.8 Å². The Morgan fingerprint density at radius 1 is 0.923 bits per heavy atom. The standard InChI is InChI=1S/C19H14Br2N2O3/c20-14-3-1-2-12(10-14)11-22-18(24)13-4-6-15(7-5-13)23-19(25)16-8-9-17(21)26-16/h1-10H,11H2,(H,22,24)(H,23,25). The molecule has 0 aliphatic carbocycles. The number of nitrogens with one attached hydrogen (secondary N) is 2. The Hall–Kier alpha value is -2.38. The van der Waals surface area contributed by atoms with Gasteiger partial charge in [-0.05, 0) is 70.0 Å². The van der Waals surface area contributed by atoms with Crippen LogP contribution in [0.5, 0.6) is 0 Å². The molecular weight excluding hydrogens is 464 g/mol. The monoisotopic (exact) mass is 476 g/mol. The molecule has 3 rings (SSSR count). The Balaban J connectivity index is 1.58. The number of hydrogen-bond acceptors (Lipinski definition) is 3. The lowest BCUT2D eigenvalue weighted by atomic mass is 10.1. The van der Waals surface area contributed by atoms with Crippen molar-refractivity contribution in [2.45, 2.75) is 6.54 Å². The van der Waals surface area contributed by atoms with Crippen LogP contribution < -0.4 is 10.6 Å². The first kappa shape index (κ1) is 18.4. The zero-order valence-electron chi connectivity index (χ0n) is 13.5. The number of benzene rings is 2. The molecule has 2 N–H and O–H groups in total.